The molecule has 0 aliphatic rings. The molecule has 0 atom stereocenters. The predicted octanol–water partition coefficient (Wildman–Crippen LogP) is 4.30. The van der Waals surface area contributed by atoms with Gasteiger partial charge in [-0.15, -0.1) is 11.6 Å². The highest BCUT2D eigenvalue weighted by Crippen LogP contribution is 2.32. The molecule has 0 spiro atoms. The average molecular weight is 241 g/mol. The smallest absolute Gasteiger partial charge is 0.123 e. The van der Waals surface area contributed by atoms with Gasteiger partial charge in [-0.2, -0.15) is 0 Å². The molecule has 1 aromatic carbocycles. The molecule has 2 heteroatoms. The Labute approximate surface area is 104 Å². The van der Waals surface area contributed by atoms with Gasteiger partial charge in [0.05, 0.1) is 6.61 Å². The van der Waals surface area contributed by atoms with E-state index in [-0.39, 0.29) is 5.41 Å². The SMILES string of the molecule is Cc1ccc(OCCCCl)c(C(C)(C)C)c1. The number of alkyl halides is 1. The second-order valence-electron chi connectivity index (χ2n) is 5.14. The Hall–Kier alpha value is -0.690. The van der Waals surface area contributed by atoms with Crippen molar-refractivity contribution < 1.29 is 4.74 Å². The molecule has 0 unspecified atom stereocenters. The monoisotopic (exact) mass is 240 g/mol. The van der Waals surface area contributed by atoms with Crippen LogP contribution in [0.25, 0.3) is 0 Å². The van der Waals surface area contributed by atoms with Gasteiger partial charge in [0.1, 0.15) is 5.75 Å². The van der Waals surface area contributed by atoms with Crippen molar-refractivity contribution in [1.29, 1.82) is 0 Å². The molecule has 16 heavy (non-hydrogen) atoms. The number of hydrogen-bond donors (Lipinski definition) is 0. The van der Waals surface area contributed by atoms with Crippen LogP contribution in [-0.2, 0) is 5.41 Å². The lowest BCUT2D eigenvalue weighted by Gasteiger charge is -2.23. The lowest BCUT2D eigenvalue weighted by Crippen LogP contribution is -2.14. The number of halogens is 1. The molecule has 0 radical (unpaired) electrons. The maximum Gasteiger partial charge on any atom is 0.123 e. The molecule has 0 bridgehead atoms. The Balaban J connectivity index is 2.90. The standard InChI is InChI=1S/C14H21ClO/c1-11-6-7-13(16-9-5-8-15)12(10-11)14(2,3)4/h6-7,10H,5,8-9H2,1-4H3. The summed E-state index contributed by atoms with van der Waals surface area (Å²) >= 11 is 5.64. The molecule has 0 saturated heterocycles. The molecule has 0 amide bonds. The predicted molar refractivity (Wildman–Crippen MR) is 70.7 cm³/mol. The van der Waals surface area contributed by atoms with Crippen molar-refractivity contribution in [2.45, 2.75) is 39.5 Å². The molecule has 0 heterocycles. The van der Waals surface area contributed by atoms with Crippen LogP contribution < -0.4 is 4.74 Å². The summed E-state index contributed by atoms with van der Waals surface area (Å²) in [6, 6.07) is 6.35. The molecule has 0 N–H and O–H groups in total. The van der Waals surface area contributed by atoms with E-state index in [2.05, 4.69) is 45.9 Å². The first-order valence-electron chi connectivity index (χ1n) is 5.75. The van der Waals surface area contributed by atoms with Crippen LogP contribution in [0, 0.1) is 6.92 Å². The van der Waals surface area contributed by atoms with E-state index in [1.165, 1.54) is 11.1 Å². The third-order valence-corrected chi connectivity index (χ3v) is 2.75. The summed E-state index contributed by atoms with van der Waals surface area (Å²) in [5.74, 6) is 1.64. The second kappa shape index (κ2) is 5.58. The first-order chi connectivity index (χ1) is 7.45. The van der Waals surface area contributed by atoms with Crippen LogP contribution in [0.4, 0.5) is 0 Å². The fraction of sp³-hybridized carbons (Fsp3) is 0.571. The van der Waals surface area contributed by atoms with Crippen molar-refractivity contribution in [2.24, 2.45) is 0 Å². The summed E-state index contributed by atoms with van der Waals surface area (Å²) in [4.78, 5) is 0. The summed E-state index contributed by atoms with van der Waals surface area (Å²) in [7, 11) is 0. The molecule has 1 aromatic rings. The topological polar surface area (TPSA) is 9.23 Å². The minimum Gasteiger partial charge on any atom is -0.493 e. The van der Waals surface area contributed by atoms with Gasteiger partial charge in [-0.05, 0) is 30.4 Å². The van der Waals surface area contributed by atoms with Crippen LogP contribution >= 0.6 is 11.6 Å². The zero-order valence-corrected chi connectivity index (χ0v) is 11.4. The van der Waals surface area contributed by atoms with Crippen LogP contribution in [0.15, 0.2) is 18.2 Å². The highest BCUT2D eigenvalue weighted by Gasteiger charge is 2.18. The number of ether oxygens (including phenoxy) is 1. The minimum absolute atomic E-state index is 0.113. The largest absolute Gasteiger partial charge is 0.493 e. The Morgan fingerprint density at radius 1 is 1.25 bits per heavy atom. The second-order valence-corrected chi connectivity index (χ2v) is 5.52. The summed E-state index contributed by atoms with van der Waals surface area (Å²) in [5.41, 5.74) is 2.65. The number of hydrogen-bond acceptors (Lipinski definition) is 1. The molecule has 0 aliphatic heterocycles. The van der Waals surface area contributed by atoms with Crippen molar-refractivity contribution in [3.05, 3.63) is 29.3 Å². The molecule has 90 valence electrons. The fourth-order valence-electron chi connectivity index (χ4n) is 1.59. The maximum atomic E-state index is 5.77. The van der Waals surface area contributed by atoms with Gasteiger partial charge in [0.2, 0.25) is 0 Å². The van der Waals surface area contributed by atoms with Crippen molar-refractivity contribution in [3.8, 4) is 5.75 Å². The van der Waals surface area contributed by atoms with E-state index in [1.807, 2.05) is 0 Å². The molecular weight excluding hydrogens is 220 g/mol. The van der Waals surface area contributed by atoms with Gasteiger partial charge in [-0.3, -0.25) is 0 Å². The van der Waals surface area contributed by atoms with Crippen LogP contribution in [-0.4, -0.2) is 12.5 Å². The van der Waals surface area contributed by atoms with E-state index < -0.39 is 0 Å². The molecular formula is C14H21ClO. The van der Waals surface area contributed by atoms with Gasteiger partial charge < -0.3 is 4.74 Å². The Bertz CT molecular complexity index is 339. The van der Waals surface area contributed by atoms with Gasteiger partial charge in [0.15, 0.2) is 0 Å². The van der Waals surface area contributed by atoms with Crippen molar-refractivity contribution in [3.63, 3.8) is 0 Å². The summed E-state index contributed by atoms with van der Waals surface area (Å²) in [6.45, 7) is 9.41. The number of benzene rings is 1. The first kappa shape index (κ1) is 13.4. The van der Waals surface area contributed by atoms with Crippen LogP contribution in [0.3, 0.4) is 0 Å². The maximum absolute atomic E-state index is 5.77. The Kier molecular flexibility index (Phi) is 4.67. The van der Waals surface area contributed by atoms with Crippen molar-refractivity contribution in [1.82, 2.24) is 0 Å². The average Bonchev–Trinajstić information content (AvgIpc) is 2.19. The molecule has 0 saturated carbocycles. The van der Waals surface area contributed by atoms with Gasteiger partial charge in [0, 0.05) is 5.88 Å². The van der Waals surface area contributed by atoms with E-state index in [4.69, 9.17) is 16.3 Å². The summed E-state index contributed by atoms with van der Waals surface area (Å²) in [5, 5.41) is 0. The van der Waals surface area contributed by atoms with Gasteiger partial charge in [0.25, 0.3) is 0 Å². The van der Waals surface area contributed by atoms with Gasteiger partial charge >= 0.3 is 0 Å². The Morgan fingerprint density at radius 2 is 1.94 bits per heavy atom. The van der Waals surface area contributed by atoms with Crippen LogP contribution in [0.2, 0.25) is 0 Å². The zero-order chi connectivity index (χ0) is 12.2. The number of aryl methyl sites for hydroxylation is 1. The summed E-state index contributed by atoms with van der Waals surface area (Å²) < 4.78 is 5.77. The third-order valence-electron chi connectivity index (χ3n) is 2.48. The van der Waals surface area contributed by atoms with Gasteiger partial charge in [-0.25, -0.2) is 0 Å². The molecule has 0 aromatic heterocycles. The van der Waals surface area contributed by atoms with Crippen molar-refractivity contribution >= 4 is 11.6 Å². The van der Waals surface area contributed by atoms with E-state index in [1.54, 1.807) is 0 Å². The van der Waals surface area contributed by atoms with E-state index in [9.17, 15) is 0 Å². The van der Waals surface area contributed by atoms with Gasteiger partial charge in [-0.1, -0.05) is 38.5 Å². The van der Waals surface area contributed by atoms with E-state index in [0.717, 1.165) is 12.2 Å². The highest BCUT2D eigenvalue weighted by molar-refractivity contribution is 6.17. The molecule has 1 rings (SSSR count). The molecule has 0 fully saturated rings. The number of rotatable bonds is 4. The fourth-order valence-corrected chi connectivity index (χ4v) is 1.70. The minimum atomic E-state index is 0.113. The lowest BCUT2D eigenvalue weighted by molar-refractivity contribution is 0.309. The van der Waals surface area contributed by atoms with Crippen LogP contribution in [0.5, 0.6) is 5.75 Å². The summed E-state index contributed by atoms with van der Waals surface area (Å²) in [6.07, 6.45) is 0.888. The zero-order valence-electron chi connectivity index (χ0n) is 10.6. The Morgan fingerprint density at radius 3 is 2.50 bits per heavy atom. The van der Waals surface area contributed by atoms with E-state index >= 15 is 0 Å². The third kappa shape index (κ3) is 3.71. The normalized spacial score (nSPS) is 11.6. The quantitative estimate of drug-likeness (QED) is 0.563. The molecule has 1 nitrogen and oxygen atoms in total. The first-order valence-corrected chi connectivity index (χ1v) is 6.28. The highest BCUT2D eigenvalue weighted by atomic mass is 35.5. The van der Waals surface area contributed by atoms with Crippen molar-refractivity contribution in [2.75, 3.05) is 12.5 Å². The van der Waals surface area contributed by atoms with Crippen LogP contribution in [0.1, 0.15) is 38.3 Å². The van der Waals surface area contributed by atoms with E-state index in [0.29, 0.717) is 12.5 Å². The lowest BCUT2D eigenvalue weighted by atomic mass is 9.85. The molecule has 0 aliphatic carbocycles.